The van der Waals surface area contributed by atoms with Gasteiger partial charge in [0.25, 0.3) is 0 Å². The Hall–Kier alpha value is -2.38. The summed E-state index contributed by atoms with van der Waals surface area (Å²) in [4.78, 5) is 24.3. The van der Waals surface area contributed by atoms with Gasteiger partial charge >= 0.3 is 5.97 Å². The number of nitrogens with one attached hydrogen (secondary N) is 2. The third-order valence-corrected chi connectivity index (χ3v) is 3.85. The summed E-state index contributed by atoms with van der Waals surface area (Å²) in [7, 11) is 0. The second-order valence-electron chi connectivity index (χ2n) is 5.71. The topological polar surface area (TPSA) is 123 Å². The summed E-state index contributed by atoms with van der Waals surface area (Å²) in [5.41, 5.74) is 0.620. The van der Waals surface area contributed by atoms with Crippen LogP contribution >= 0.6 is 0 Å². The zero-order chi connectivity index (χ0) is 17.5. The van der Waals surface area contributed by atoms with Crippen LogP contribution in [0.3, 0.4) is 0 Å². The smallest absolute Gasteiger partial charge is 0.303 e. The van der Waals surface area contributed by atoms with Gasteiger partial charge < -0.3 is 25.6 Å². The Labute approximate surface area is 139 Å². The molecule has 1 aromatic carbocycles. The van der Waals surface area contributed by atoms with Crippen molar-refractivity contribution >= 4 is 16.9 Å². The first-order valence-corrected chi connectivity index (χ1v) is 7.94. The highest BCUT2D eigenvalue weighted by molar-refractivity contribution is 5.87. The fourth-order valence-corrected chi connectivity index (χ4v) is 2.60. The van der Waals surface area contributed by atoms with Crippen LogP contribution in [0.15, 0.2) is 29.1 Å². The molecule has 7 nitrogen and oxygen atoms in total. The van der Waals surface area contributed by atoms with E-state index in [0.717, 1.165) is 12.8 Å². The third kappa shape index (κ3) is 4.81. The average Bonchev–Trinajstić information content (AvgIpc) is 2.54. The molecule has 7 heteroatoms. The van der Waals surface area contributed by atoms with Crippen molar-refractivity contribution in [3.05, 3.63) is 40.2 Å². The number of benzene rings is 1. The molecule has 0 amide bonds. The van der Waals surface area contributed by atoms with Crippen LogP contribution in [0.5, 0.6) is 5.75 Å². The van der Waals surface area contributed by atoms with E-state index in [4.69, 9.17) is 5.11 Å². The molecule has 0 unspecified atom stereocenters. The molecule has 2 aromatic rings. The van der Waals surface area contributed by atoms with Crippen LogP contribution in [-0.4, -0.2) is 39.4 Å². The maximum Gasteiger partial charge on any atom is 0.303 e. The van der Waals surface area contributed by atoms with E-state index in [1.807, 2.05) is 0 Å². The van der Waals surface area contributed by atoms with E-state index in [-0.39, 0.29) is 17.7 Å². The number of aromatic amines is 1. The molecule has 0 saturated carbocycles. The SMILES string of the molecule is O=C(O)CCCCCNC[C@H](O)c1ccc(O)c2[nH]c(=O)ccc12. The average molecular weight is 334 g/mol. The highest BCUT2D eigenvalue weighted by Gasteiger charge is 2.13. The van der Waals surface area contributed by atoms with Crippen molar-refractivity contribution in [2.45, 2.75) is 31.8 Å². The fourth-order valence-electron chi connectivity index (χ4n) is 2.60. The molecule has 0 aliphatic carbocycles. The van der Waals surface area contributed by atoms with Crippen LogP contribution < -0.4 is 10.9 Å². The van der Waals surface area contributed by atoms with Gasteiger partial charge in [-0.3, -0.25) is 9.59 Å². The first-order chi connectivity index (χ1) is 11.5. The Morgan fingerprint density at radius 3 is 2.71 bits per heavy atom. The number of fused-ring (bicyclic) bond motifs is 1. The molecule has 1 atom stereocenters. The highest BCUT2D eigenvalue weighted by atomic mass is 16.4. The number of carboxylic acids is 1. The number of H-pyrrole nitrogens is 1. The monoisotopic (exact) mass is 334 g/mol. The highest BCUT2D eigenvalue weighted by Crippen LogP contribution is 2.28. The number of carbonyl (C=O) groups is 1. The Balaban J connectivity index is 1.90. The lowest BCUT2D eigenvalue weighted by Crippen LogP contribution is -2.22. The molecule has 0 radical (unpaired) electrons. The molecule has 5 N–H and O–H groups in total. The molecule has 0 spiro atoms. The van der Waals surface area contributed by atoms with Gasteiger partial charge in [-0.2, -0.15) is 0 Å². The van der Waals surface area contributed by atoms with Gasteiger partial charge in [-0.05, 0) is 37.1 Å². The van der Waals surface area contributed by atoms with Crippen molar-refractivity contribution in [1.29, 1.82) is 0 Å². The van der Waals surface area contributed by atoms with Crippen molar-refractivity contribution in [2.24, 2.45) is 0 Å². The van der Waals surface area contributed by atoms with Crippen LogP contribution in [0.2, 0.25) is 0 Å². The number of carboxylic acid groups (broad SMARTS) is 1. The van der Waals surface area contributed by atoms with Crippen LogP contribution in [0.1, 0.15) is 37.4 Å². The van der Waals surface area contributed by atoms with E-state index < -0.39 is 12.1 Å². The number of rotatable bonds is 9. The van der Waals surface area contributed by atoms with Gasteiger partial charge in [0.05, 0.1) is 11.6 Å². The molecule has 1 aromatic heterocycles. The van der Waals surface area contributed by atoms with E-state index in [1.165, 1.54) is 12.1 Å². The van der Waals surface area contributed by atoms with Crippen LogP contribution in [0.4, 0.5) is 0 Å². The molecule has 0 fully saturated rings. The van der Waals surface area contributed by atoms with Gasteiger partial charge in [0.2, 0.25) is 5.56 Å². The van der Waals surface area contributed by atoms with E-state index in [9.17, 15) is 19.8 Å². The molecule has 0 aliphatic heterocycles. The Morgan fingerprint density at radius 1 is 1.17 bits per heavy atom. The minimum atomic E-state index is -0.782. The third-order valence-electron chi connectivity index (χ3n) is 3.85. The molecule has 0 aliphatic rings. The Morgan fingerprint density at radius 2 is 1.96 bits per heavy atom. The lowest BCUT2D eigenvalue weighted by atomic mass is 10.0. The molecule has 0 saturated heterocycles. The molecule has 1 heterocycles. The van der Waals surface area contributed by atoms with Gasteiger partial charge in [0.15, 0.2) is 0 Å². The number of aromatic hydroxyl groups is 1. The number of aliphatic hydroxyl groups is 1. The van der Waals surface area contributed by atoms with Gasteiger partial charge in [-0.1, -0.05) is 12.5 Å². The number of phenols is 1. The van der Waals surface area contributed by atoms with Crippen molar-refractivity contribution in [1.82, 2.24) is 10.3 Å². The van der Waals surface area contributed by atoms with Crippen LogP contribution in [0, 0.1) is 0 Å². The number of phenolic OH excluding ortho intramolecular Hbond substituents is 1. The number of aliphatic hydroxyl groups excluding tert-OH is 1. The van der Waals surface area contributed by atoms with Crippen molar-refractivity contribution in [3.63, 3.8) is 0 Å². The number of unbranched alkanes of at least 4 members (excludes halogenated alkanes) is 2. The van der Waals surface area contributed by atoms with Gasteiger partial charge in [0.1, 0.15) is 5.75 Å². The predicted octanol–water partition coefficient (Wildman–Crippen LogP) is 1.50. The molecular formula is C17H22N2O5. The molecule has 130 valence electrons. The summed E-state index contributed by atoms with van der Waals surface area (Å²) in [6.45, 7) is 1.02. The fraction of sp³-hybridized carbons (Fsp3) is 0.412. The first kappa shape index (κ1) is 18.0. The second kappa shape index (κ2) is 8.47. The van der Waals surface area contributed by atoms with Crippen molar-refractivity contribution in [3.8, 4) is 5.75 Å². The molecule has 24 heavy (non-hydrogen) atoms. The summed E-state index contributed by atoms with van der Waals surface area (Å²) in [6.07, 6.45) is 1.70. The Kier molecular flexibility index (Phi) is 6.34. The lowest BCUT2D eigenvalue weighted by molar-refractivity contribution is -0.137. The van der Waals surface area contributed by atoms with Gasteiger partial charge in [0, 0.05) is 24.4 Å². The van der Waals surface area contributed by atoms with E-state index in [0.29, 0.717) is 36.0 Å². The summed E-state index contributed by atoms with van der Waals surface area (Å²) < 4.78 is 0. The summed E-state index contributed by atoms with van der Waals surface area (Å²) in [6, 6.07) is 6.02. The molecular weight excluding hydrogens is 312 g/mol. The minimum Gasteiger partial charge on any atom is -0.506 e. The number of hydrogen-bond acceptors (Lipinski definition) is 5. The quantitative estimate of drug-likeness (QED) is 0.443. The number of aromatic nitrogens is 1. The first-order valence-electron chi connectivity index (χ1n) is 7.94. The summed E-state index contributed by atoms with van der Waals surface area (Å²) in [5.74, 6) is -0.819. The largest absolute Gasteiger partial charge is 0.506 e. The molecule has 0 bridgehead atoms. The molecule has 2 rings (SSSR count). The zero-order valence-electron chi connectivity index (χ0n) is 13.3. The number of pyridine rings is 1. The maximum atomic E-state index is 11.4. The normalized spacial score (nSPS) is 12.4. The Bertz CT molecular complexity index is 756. The van der Waals surface area contributed by atoms with Crippen molar-refractivity contribution in [2.75, 3.05) is 13.1 Å². The summed E-state index contributed by atoms with van der Waals surface area (Å²) >= 11 is 0. The van der Waals surface area contributed by atoms with Crippen molar-refractivity contribution < 1.29 is 20.1 Å². The number of aliphatic carboxylic acids is 1. The van der Waals surface area contributed by atoms with E-state index in [1.54, 1.807) is 12.1 Å². The zero-order valence-corrected chi connectivity index (χ0v) is 13.3. The number of hydrogen-bond donors (Lipinski definition) is 5. The van der Waals surface area contributed by atoms with E-state index in [2.05, 4.69) is 10.3 Å². The van der Waals surface area contributed by atoms with Gasteiger partial charge in [-0.25, -0.2) is 0 Å². The van der Waals surface area contributed by atoms with Gasteiger partial charge in [-0.15, -0.1) is 0 Å². The standard InChI is InChI=1S/C17H22N2O5/c20-13-7-5-11(12-6-8-15(22)19-17(12)13)14(21)10-18-9-3-1-2-4-16(23)24/h5-8,14,18,20-21H,1-4,9-10H2,(H,19,22)(H,23,24)/t14-/m0/s1. The van der Waals surface area contributed by atoms with Crippen LogP contribution in [0.25, 0.3) is 10.9 Å². The minimum absolute atomic E-state index is 0.0370. The lowest BCUT2D eigenvalue weighted by Gasteiger charge is -2.15. The second-order valence-corrected chi connectivity index (χ2v) is 5.71. The van der Waals surface area contributed by atoms with Crippen LogP contribution in [-0.2, 0) is 4.79 Å². The van der Waals surface area contributed by atoms with E-state index >= 15 is 0 Å². The summed E-state index contributed by atoms with van der Waals surface area (Å²) in [5, 5.41) is 32.5. The maximum absolute atomic E-state index is 11.4. The predicted molar refractivity (Wildman–Crippen MR) is 90.2 cm³/mol.